The van der Waals surface area contributed by atoms with E-state index in [0.29, 0.717) is 11.8 Å². The smallest absolute Gasteiger partial charge is 0.122 e. The minimum Gasteiger partial charge on any atom is -0.497 e. The summed E-state index contributed by atoms with van der Waals surface area (Å²) in [4.78, 5) is 0. The molecule has 1 aromatic carbocycles. The zero-order valence-electron chi connectivity index (χ0n) is 11.4. The molecule has 2 unspecified atom stereocenters. The van der Waals surface area contributed by atoms with Gasteiger partial charge in [0.15, 0.2) is 0 Å². The summed E-state index contributed by atoms with van der Waals surface area (Å²) in [6, 6.07) is 5.96. The van der Waals surface area contributed by atoms with Crippen LogP contribution in [0.5, 0.6) is 11.5 Å². The van der Waals surface area contributed by atoms with Crippen LogP contribution in [0, 0.1) is 5.92 Å². The predicted molar refractivity (Wildman–Crippen MR) is 71.1 cm³/mol. The van der Waals surface area contributed by atoms with Crippen LogP contribution in [-0.4, -0.2) is 27.8 Å². The fourth-order valence-corrected chi connectivity index (χ4v) is 2.00. The zero-order chi connectivity index (χ0) is 12.8. The molecule has 0 saturated carbocycles. The van der Waals surface area contributed by atoms with Crippen molar-refractivity contribution in [2.24, 2.45) is 5.92 Å². The highest BCUT2D eigenvalue weighted by Gasteiger charge is 2.18. The molecule has 17 heavy (non-hydrogen) atoms. The third kappa shape index (κ3) is 3.37. The first-order valence-electron chi connectivity index (χ1n) is 6.00. The maximum atomic E-state index is 5.42. The molecule has 0 saturated heterocycles. The number of rotatable bonds is 6. The van der Waals surface area contributed by atoms with Gasteiger partial charge in [-0.05, 0) is 43.6 Å². The van der Waals surface area contributed by atoms with Gasteiger partial charge in [0.1, 0.15) is 11.5 Å². The Hall–Kier alpha value is -1.22. The van der Waals surface area contributed by atoms with Crippen LogP contribution in [0.4, 0.5) is 0 Å². The molecule has 0 radical (unpaired) electrons. The third-order valence-electron chi connectivity index (χ3n) is 3.31. The molecule has 1 aromatic rings. The topological polar surface area (TPSA) is 30.5 Å². The Balaban J connectivity index is 3.00. The largest absolute Gasteiger partial charge is 0.497 e. The molecule has 0 aliphatic carbocycles. The van der Waals surface area contributed by atoms with Crippen LogP contribution < -0.4 is 14.8 Å². The molecular weight excluding hydrogens is 214 g/mol. The Bertz CT molecular complexity index is 352. The number of ether oxygens (including phenoxy) is 2. The maximum absolute atomic E-state index is 5.42. The van der Waals surface area contributed by atoms with Crippen LogP contribution in [0.25, 0.3) is 0 Å². The van der Waals surface area contributed by atoms with E-state index in [2.05, 4.69) is 25.2 Å². The van der Waals surface area contributed by atoms with Crippen molar-refractivity contribution in [1.82, 2.24) is 5.32 Å². The van der Waals surface area contributed by atoms with E-state index in [4.69, 9.17) is 9.47 Å². The summed E-state index contributed by atoms with van der Waals surface area (Å²) in [6.45, 7) is 5.45. The zero-order valence-corrected chi connectivity index (χ0v) is 11.4. The lowest BCUT2D eigenvalue weighted by Crippen LogP contribution is -2.21. The maximum Gasteiger partial charge on any atom is 0.122 e. The standard InChI is InChI=1S/C14H23NO2/c1-10(9-15-3)11(2)13-8-12(16-4)6-7-14(13)17-5/h6-8,10-11,15H,9H2,1-5H3. The average Bonchev–Trinajstić information content (AvgIpc) is 2.37. The molecule has 0 aromatic heterocycles. The molecule has 0 amide bonds. The Morgan fingerprint density at radius 1 is 1.18 bits per heavy atom. The van der Waals surface area contributed by atoms with E-state index < -0.39 is 0 Å². The first-order valence-corrected chi connectivity index (χ1v) is 6.00. The van der Waals surface area contributed by atoms with Crippen LogP contribution in [0.2, 0.25) is 0 Å². The molecule has 0 bridgehead atoms. The quantitative estimate of drug-likeness (QED) is 0.825. The van der Waals surface area contributed by atoms with Crippen molar-refractivity contribution in [3.05, 3.63) is 23.8 Å². The van der Waals surface area contributed by atoms with Gasteiger partial charge in [-0.1, -0.05) is 13.8 Å². The second-order valence-corrected chi connectivity index (χ2v) is 4.43. The van der Waals surface area contributed by atoms with Crippen molar-refractivity contribution in [2.45, 2.75) is 19.8 Å². The minimum atomic E-state index is 0.424. The summed E-state index contributed by atoms with van der Waals surface area (Å²) in [5.74, 6) is 2.78. The van der Waals surface area contributed by atoms with Crippen molar-refractivity contribution >= 4 is 0 Å². The molecule has 0 spiro atoms. The molecule has 3 heteroatoms. The van der Waals surface area contributed by atoms with Gasteiger partial charge in [-0.3, -0.25) is 0 Å². The monoisotopic (exact) mass is 237 g/mol. The first-order chi connectivity index (χ1) is 8.13. The summed E-state index contributed by atoms with van der Waals surface area (Å²) >= 11 is 0. The van der Waals surface area contributed by atoms with Gasteiger partial charge in [0.25, 0.3) is 0 Å². The van der Waals surface area contributed by atoms with Gasteiger partial charge >= 0.3 is 0 Å². The highest BCUT2D eigenvalue weighted by Crippen LogP contribution is 2.34. The number of hydrogen-bond acceptors (Lipinski definition) is 3. The Morgan fingerprint density at radius 2 is 1.88 bits per heavy atom. The summed E-state index contributed by atoms with van der Waals surface area (Å²) in [6.07, 6.45) is 0. The minimum absolute atomic E-state index is 0.424. The molecule has 0 fully saturated rings. The fraction of sp³-hybridized carbons (Fsp3) is 0.571. The summed E-state index contributed by atoms with van der Waals surface area (Å²) in [5, 5.41) is 3.21. The summed E-state index contributed by atoms with van der Waals surface area (Å²) < 4.78 is 10.7. The second-order valence-electron chi connectivity index (χ2n) is 4.43. The number of nitrogens with one attached hydrogen (secondary N) is 1. The predicted octanol–water partition coefficient (Wildman–Crippen LogP) is 2.66. The highest BCUT2D eigenvalue weighted by molar-refractivity contribution is 5.42. The SMILES string of the molecule is CNCC(C)C(C)c1cc(OC)ccc1OC. The molecule has 0 heterocycles. The highest BCUT2D eigenvalue weighted by atomic mass is 16.5. The van der Waals surface area contributed by atoms with Crippen LogP contribution in [0.15, 0.2) is 18.2 Å². The molecule has 3 nitrogen and oxygen atoms in total. The van der Waals surface area contributed by atoms with Crippen LogP contribution in [-0.2, 0) is 0 Å². The second kappa shape index (κ2) is 6.50. The third-order valence-corrected chi connectivity index (χ3v) is 3.31. The Labute approximate surface area is 104 Å². The van der Waals surface area contributed by atoms with Gasteiger partial charge in [-0.15, -0.1) is 0 Å². The Morgan fingerprint density at radius 3 is 2.41 bits per heavy atom. The first kappa shape index (κ1) is 13.8. The summed E-state index contributed by atoms with van der Waals surface area (Å²) in [7, 11) is 5.38. The molecular formula is C14H23NO2. The van der Waals surface area contributed by atoms with Crippen molar-refractivity contribution < 1.29 is 9.47 Å². The molecule has 1 rings (SSSR count). The van der Waals surface area contributed by atoms with Crippen molar-refractivity contribution in [3.63, 3.8) is 0 Å². The molecule has 2 atom stereocenters. The lowest BCUT2D eigenvalue weighted by molar-refractivity contribution is 0.384. The average molecular weight is 237 g/mol. The van der Waals surface area contributed by atoms with E-state index >= 15 is 0 Å². The van der Waals surface area contributed by atoms with E-state index in [9.17, 15) is 0 Å². The van der Waals surface area contributed by atoms with Crippen LogP contribution >= 0.6 is 0 Å². The van der Waals surface area contributed by atoms with Crippen LogP contribution in [0.1, 0.15) is 25.3 Å². The van der Waals surface area contributed by atoms with Crippen molar-refractivity contribution in [2.75, 3.05) is 27.8 Å². The van der Waals surface area contributed by atoms with Gasteiger partial charge < -0.3 is 14.8 Å². The van der Waals surface area contributed by atoms with Crippen molar-refractivity contribution in [3.8, 4) is 11.5 Å². The van der Waals surface area contributed by atoms with E-state index in [0.717, 1.165) is 18.0 Å². The number of benzene rings is 1. The van der Waals surface area contributed by atoms with Gasteiger partial charge in [0, 0.05) is 5.56 Å². The molecule has 0 aliphatic heterocycles. The Kier molecular flexibility index (Phi) is 5.29. The van der Waals surface area contributed by atoms with Gasteiger partial charge in [-0.2, -0.15) is 0 Å². The lowest BCUT2D eigenvalue weighted by atomic mass is 9.88. The number of hydrogen-bond donors (Lipinski definition) is 1. The normalized spacial score (nSPS) is 14.2. The van der Waals surface area contributed by atoms with Gasteiger partial charge in [0.2, 0.25) is 0 Å². The van der Waals surface area contributed by atoms with E-state index in [1.807, 2.05) is 19.2 Å². The fourth-order valence-electron chi connectivity index (χ4n) is 2.00. The molecule has 0 aliphatic rings. The van der Waals surface area contributed by atoms with Gasteiger partial charge in [-0.25, -0.2) is 0 Å². The van der Waals surface area contributed by atoms with Gasteiger partial charge in [0.05, 0.1) is 14.2 Å². The van der Waals surface area contributed by atoms with E-state index in [1.54, 1.807) is 14.2 Å². The van der Waals surface area contributed by atoms with E-state index in [-0.39, 0.29) is 0 Å². The van der Waals surface area contributed by atoms with E-state index in [1.165, 1.54) is 5.56 Å². The number of methoxy groups -OCH3 is 2. The van der Waals surface area contributed by atoms with Crippen LogP contribution in [0.3, 0.4) is 0 Å². The molecule has 96 valence electrons. The van der Waals surface area contributed by atoms with Crippen molar-refractivity contribution in [1.29, 1.82) is 0 Å². The molecule has 1 N–H and O–H groups in total. The lowest BCUT2D eigenvalue weighted by Gasteiger charge is -2.22. The summed E-state index contributed by atoms with van der Waals surface area (Å²) in [5.41, 5.74) is 1.20.